The Bertz CT molecular complexity index is 1330. The number of pyridine rings is 1. The minimum atomic E-state index is -3.85. The van der Waals surface area contributed by atoms with E-state index in [1.54, 1.807) is 18.2 Å². The standard InChI is InChI=1S/C24H26N2O5S/c1-16-6-7-17-13-18(24(27)25-21(17)12-16)15-26(19-4-2-3-5-19)32(28,29)20-8-9-22-23(14-20)31-11-10-30-22/h6-9,12-14,19H,2-5,10-11,15H2,1H3,(H,25,27). The van der Waals surface area contributed by atoms with Crippen LogP contribution in [0.1, 0.15) is 36.8 Å². The van der Waals surface area contributed by atoms with Gasteiger partial charge in [-0.25, -0.2) is 8.42 Å². The highest BCUT2D eigenvalue weighted by Gasteiger charge is 2.34. The molecule has 0 bridgehead atoms. The maximum Gasteiger partial charge on any atom is 0.252 e. The summed E-state index contributed by atoms with van der Waals surface area (Å²) < 4.78 is 40.1. The molecular weight excluding hydrogens is 428 g/mol. The molecule has 2 aromatic carbocycles. The van der Waals surface area contributed by atoms with Crippen molar-refractivity contribution in [2.45, 2.75) is 50.1 Å². The van der Waals surface area contributed by atoms with Crippen molar-refractivity contribution in [3.8, 4) is 11.5 Å². The lowest BCUT2D eigenvalue weighted by atomic mass is 10.1. The highest BCUT2D eigenvalue weighted by molar-refractivity contribution is 7.89. The van der Waals surface area contributed by atoms with Crippen LogP contribution in [0.4, 0.5) is 0 Å². The summed E-state index contributed by atoms with van der Waals surface area (Å²) in [7, 11) is -3.85. The molecule has 0 spiro atoms. The van der Waals surface area contributed by atoms with Crippen molar-refractivity contribution >= 4 is 20.9 Å². The summed E-state index contributed by atoms with van der Waals surface area (Å²) in [5.41, 5.74) is 1.98. The maximum atomic E-state index is 13.7. The van der Waals surface area contributed by atoms with Gasteiger partial charge in [0.15, 0.2) is 11.5 Å². The number of nitrogens with one attached hydrogen (secondary N) is 1. The molecular formula is C24H26N2O5S. The number of ether oxygens (including phenoxy) is 2. The topological polar surface area (TPSA) is 88.7 Å². The van der Waals surface area contributed by atoms with Gasteiger partial charge in [0.05, 0.1) is 4.90 Å². The number of aryl methyl sites for hydroxylation is 1. The maximum absolute atomic E-state index is 13.7. The molecule has 3 aromatic rings. The molecule has 0 amide bonds. The predicted molar refractivity (Wildman–Crippen MR) is 122 cm³/mol. The third kappa shape index (κ3) is 3.89. The second kappa shape index (κ2) is 8.26. The number of fused-ring (bicyclic) bond motifs is 2. The first kappa shape index (κ1) is 21.0. The van der Waals surface area contributed by atoms with Gasteiger partial charge in [-0.05, 0) is 55.0 Å². The van der Waals surface area contributed by atoms with Crippen molar-refractivity contribution in [3.63, 3.8) is 0 Å². The number of H-pyrrole nitrogens is 1. The van der Waals surface area contributed by atoms with Gasteiger partial charge in [0.25, 0.3) is 5.56 Å². The van der Waals surface area contributed by atoms with E-state index in [1.165, 1.54) is 10.4 Å². The average molecular weight is 455 g/mol. The van der Waals surface area contributed by atoms with Gasteiger partial charge < -0.3 is 14.5 Å². The fraction of sp³-hybridized carbons (Fsp3) is 0.375. The average Bonchev–Trinajstić information content (AvgIpc) is 3.31. The SMILES string of the molecule is Cc1ccc2cc(CN(C3CCCC3)S(=O)(=O)c3ccc4c(c3)OCCO4)c(=O)[nH]c2c1. The van der Waals surface area contributed by atoms with Crippen LogP contribution >= 0.6 is 0 Å². The lowest BCUT2D eigenvalue weighted by Gasteiger charge is -2.28. The Morgan fingerprint density at radius 1 is 1.00 bits per heavy atom. The van der Waals surface area contributed by atoms with E-state index in [0.29, 0.717) is 30.3 Å². The van der Waals surface area contributed by atoms with Crippen molar-refractivity contribution in [2.24, 2.45) is 0 Å². The molecule has 7 nitrogen and oxygen atoms in total. The summed E-state index contributed by atoms with van der Waals surface area (Å²) >= 11 is 0. The molecule has 1 aromatic heterocycles. The highest BCUT2D eigenvalue weighted by atomic mass is 32.2. The molecule has 2 aliphatic rings. The molecule has 0 unspecified atom stereocenters. The summed E-state index contributed by atoms with van der Waals surface area (Å²) in [6.45, 7) is 2.82. The third-order valence-corrected chi connectivity index (χ3v) is 8.15. The molecule has 168 valence electrons. The normalized spacial score (nSPS) is 16.7. The second-order valence-corrected chi connectivity index (χ2v) is 10.4. The predicted octanol–water partition coefficient (Wildman–Crippen LogP) is 3.74. The zero-order valence-electron chi connectivity index (χ0n) is 18.0. The summed E-state index contributed by atoms with van der Waals surface area (Å²) in [6, 6.07) is 12.2. The van der Waals surface area contributed by atoms with E-state index in [4.69, 9.17) is 9.47 Å². The van der Waals surface area contributed by atoms with E-state index < -0.39 is 10.0 Å². The monoisotopic (exact) mass is 454 g/mol. The number of rotatable bonds is 5. The van der Waals surface area contributed by atoms with Gasteiger partial charge in [-0.2, -0.15) is 4.31 Å². The van der Waals surface area contributed by atoms with E-state index in [0.717, 1.165) is 42.1 Å². The van der Waals surface area contributed by atoms with Crippen LogP contribution in [0, 0.1) is 6.92 Å². The molecule has 32 heavy (non-hydrogen) atoms. The van der Waals surface area contributed by atoms with Crippen LogP contribution in [0.3, 0.4) is 0 Å². The first-order chi connectivity index (χ1) is 15.4. The van der Waals surface area contributed by atoms with Crippen LogP contribution < -0.4 is 15.0 Å². The van der Waals surface area contributed by atoms with Crippen LogP contribution in [0.15, 0.2) is 52.2 Å². The van der Waals surface area contributed by atoms with Crippen LogP contribution in [0.5, 0.6) is 11.5 Å². The molecule has 0 saturated heterocycles. The van der Waals surface area contributed by atoms with Crippen molar-refractivity contribution in [2.75, 3.05) is 13.2 Å². The van der Waals surface area contributed by atoms with Crippen molar-refractivity contribution in [1.29, 1.82) is 0 Å². The van der Waals surface area contributed by atoms with E-state index in [9.17, 15) is 13.2 Å². The lowest BCUT2D eigenvalue weighted by Crippen LogP contribution is -2.39. The molecule has 2 heterocycles. The zero-order chi connectivity index (χ0) is 22.3. The van der Waals surface area contributed by atoms with Crippen LogP contribution in [0.25, 0.3) is 10.9 Å². The Morgan fingerprint density at radius 2 is 1.75 bits per heavy atom. The van der Waals surface area contributed by atoms with E-state index in [2.05, 4.69) is 4.98 Å². The third-order valence-electron chi connectivity index (χ3n) is 6.26. The van der Waals surface area contributed by atoms with Gasteiger partial charge in [-0.1, -0.05) is 25.0 Å². The fourth-order valence-corrected chi connectivity index (χ4v) is 6.25. The van der Waals surface area contributed by atoms with E-state index in [-0.39, 0.29) is 23.0 Å². The Balaban J connectivity index is 1.55. The van der Waals surface area contributed by atoms with Gasteiger partial charge in [-0.3, -0.25) is 4.79 Å². The fourth-order valence-electron chi connectivity index (χ4n) is 4.57. The summed E-state index contributed by atoms with van der Waals surface area (Å²) in [4.78, 5) is 15.9. The molecule has 0 atom stereocenters. The molecule has 8 heteroatoms. The summed E-state index contributed by atoms with van der Waals surface area (Å²) in [5.74, 6) is 0.978. The number of benzene rings is 2. The number of nitrogens with zero attached hydrogens (tertiary/aromatic N) is 1. The van der Waals surface area contributed by atoms with E-state index >= 15 is 0 Å². The second-order valence-electron chi connectivity index (χ2n) is 8.51. The highest BCUT2D eigenvalue weighted by Crippen LogP contribution is 2.35. The molecule has 0 radical (unpaired) electrons. The largest absolute Gasteiger partial charge is 0.486 e. The molecule has 1 fully saturated rings. The Morgan fingerprint density at radius 3 is 2.53 bits per heavy atom. The minimum absolute atomic E-state index is 0.0284. The van der Waals surface area contributed by atoms with Gasteiger partial charge >= 0.3 is 0 Å². The Hall–Kier alpha value is -2.84. The smallest absolute Gasteiger partial charge is 0.252 e. The van der Waals surface area contributed by atoms with Gasteiger partial charge in [0.1, 0.15) is 13.2 Å². The minimum Gasteiger partial charge on any atom is -0.486 e. The number of hydrogen-bond donors (Lipinski definition) is 1. The van der Waals surface area contributed by atoms with E-state index in [1.807, 2.05) is 25.1 Å². The zero-order valence-corrected chi connectivity index (χ0v) is 18.8. The number of aromatic amines is 1. The van der Waals surface area contributed by atoms with Crippen molar-refractivity contribution < 1.29 is 17.9 Å². The number of aromatic nitrogens is 1. The van der Waals surface area contributed by atoms with Gasteiger partial charge in [0, 0.05) is 29.7 Å². The molecule has 1 aliphatic carbocycles. The number of sulfonamides is 1. The van der Waals surface area contributed by atoms with Crippen molar-refractivity contribution in [1.82, 2.24) is 9.29 Å². The van der Waals surface area contributed by atoms with Gasteiger partial charge in [-0.15, -0.1) is 0 Å². The van der Waals surface area contributed by atoms with Crippen LogP contribution in [0.2, 0.25) is 0 Å². The Kier molecular flexibility index (Phi) is 5.43. The summed E-state index contributed by atoms with van der Waals surface area (Å²) in [6.07, 6.45) is 3.53. The molecule has 1 aliphatic heterocycles. The molecule has 1 saturated carbocycles. The van der Waals surface area contributed by atoms with Gasteiger partial charge in [0.2, 0.25) is 10.0 Å². The van der Waals surface area contributed by atoms with Crippen LogP contribution in [-0.4, -0.2) is 37.0 Å². The quantitative estimate of drug-likeness (QED) is 0.634. The number of hydrogen-bond acceptors (Lipinski definition) is 5. The molecule has 1 N–H and O–H groups in total. The van der Waals surface area contributed by atoms with Crippen molar-refractivity contribution in [3.05, 3.63) is 63.9 Å². The molecule has 5 rings (SSSR count). The summed E-state index contributed by atoms with van der Waals surface area (Å²) in [5, 5.41) is 0.883. The first-order valence-corrected chi connectivity index (χ1v) is 12.4. The van der Waals surface area contributed by atoms with Crippen LogP contribution in [-0.2, 0) is 16.6 Å². The first-order valence-electron chi connectivity index (χ1n) is 11.0. The Labute approximate surface area is 187 Å². The lowest BCUT2D eigenvalue weighted by molar-refractivity contribution is 0.171.